The van der Waals surface area contributed by atoms with Crippen LogP contribution in [0.4, 0.5) is 5.95 Å². The fourth-order valence-electron chi connectivity index (χ4n) is 1.80. The first kappa shape index (κ1) is 14.3. The highest BCUT2D eigenvalue weighted by molar-refractivity contribution is 5.60. The summed E-state index contributed by atoms with van der Waals surface area (Å²) in [5.41, 5.74) is 1.89. The Kier molecular flexibility index (Phi) is 5.32. The van der Waals surface area contributed by atoms with E-state index < -0.39 is 0 Å². The van der Waals surface area contributed by atoms with Crippen LogP contribution >= 0.6 is 0 Å². The minimum absolute atomic E-state index is 0.217. The molecule has 0 saturated heterocycles. The lowest BCUT2D eigenvalue weighted by Gasteiger charge is -2.07. The molecular weight excluding hydrogens is 254 g/mol. The molecule has 0 unspecified atom stereocenters. The molecule has 0 saturated carbocycles. The lowest BCUT2D eigenvalue weighted by atomic mass is 10.1. The molecule has 0 atom stereocenters. The molecule has 2 rings (SSSR count). The van der Waals surface area contributed by atoms with Crippen LogP contribution in [0.5, 0.6) is 5.75 Å². The van der Waals surface area contributed by atoms with Crippen molar-refractivity contribution in [3.8, 4) is 17.0 Å². The molecule has 20 heavy (non-hydrogen) atoms. The van der Waals surface area contributed by atoms with E-state index in [4.69, 9.17) is 9.84 Å². The number of aliphatic hydroxyl groups excluding tert-OH is 1. The number of nitrogens with zero attached hydrogens (tertiary/aromatic N) is 2. The van der Waals surface area contributed by atoms with Crippen LogP contribution in [0.1, 0.15) is 12.8 Å². The van der Waals surface area contributed by atoms with Crippen LogP contribution in [0.25, 0.3) is 11.3 Å². The van der Waals surface area contributed by atoms with Crippen LogP contribution in [0.2, 0.25) is 0 Å². The third-order valence-electron chi connectivity index (χ3n) is 2.91. The first-order valence-corrected chi connectivity index (χ1v) is 6.65. The Morgan fingerprint density at radius 2 is 1.95 bits per heavy atom. The van der Waals surface area contributed by atoms with E-state index in [1.807, 2.05) is 30.3 Å². The molecule has 2 aromatic rings. The number of aromatic nitrogens is 2. The van der Waals surface area contributed by atoms with Gasteiger partial charge < -0.3 is 15.2 Å². The number of ether oxygens (including phenoxy) is 1. The maximum absolute atomic E-state index is 8.73. The number of benzene rings is 1. The molecule has 1 aromatic heterocycles. The number of nitrogens with one attached hydrogen (secondary N) is 1. The molecule has 0 aliphatic carbocycles. The van der Waals surface area contributed by atoms with Crippen molar-refractivity contribution in [2.75, 3.05) is 25.6 Å². The third kappa shape index (κ3) is 3.93. The van der Waals surface area contributed by atoms with Gasteiger partial charge in [0.15, 0.2) is 0 Å². The maximum Gasteiger partial charge on any atom is 0.223 e. The molecule has 0 aliphatic rings. The number of aliphatic hydroxyl groups is 1. The minimum atomic E-state index is 0.217. The second-order valence-electron chi connectivity index (χ2n) is 4.35. The normalized spacial score (nSPS) is 10.3. The van der Waals surface area contributed by atoms with E-state index in [0.29, 0.717) is 5.95 Å². The average molecular weight is 273 g/mol. The summed E-state index contributed by atoms with van der Waals surface area (Å²) in [7, 11) is 1.65. The molecular formula is C15H19N3O2. The molecule has 1 heterocycles. The lowest BCUT2D eigenvalue weighted by Crippen LogP contribution is -2.06. The first-order valence-electron chi connectivity index (χ1n) is 6.65. The largest absolute Gasteiger partial charge is 0.497 e. The maximum atomic E-state index is 8.73. The van der Waals surface area contributed by atoms with Gasteiger partial charge in [0.25, 0.3) is 0 Å². The van der Waals surface area contributed by atoms with Gasteiger partial charge in [0.05, 0.1) is 12.8 Å². The summed E-state index contributed by atoms with van der Waals surface area (Å²) in [6, 6.07) is 9.63. The number of hydrogen-bond acceptors (Lipinski definition) is 5. The molecule has 0 bridgehead atoms. The molecule has 5 nitrogen and oxygen atoms in total. The summed E-state index contributed by atoms with van der Waals surface area (Å²) < 4.78 is 5.14. The van der Waals surface area contributed by atoms with E-state index in [0.717, 1.165) is 36.4 Å². The van der Waals surface area contributed by atoms with Gasteiger partial charge in [-0.2, -0.15) is 0 Å². The topological polar surface area (TPSA) is 67.3 Å². The molecule has 1 aromatic carbocycles. The summed E-state index contributed by atoms with van der Waals surface area (Å²) in [5.74, 6) is 1.43. The smallest absolute Gasteiger partial charge is 0.223 e. The van der Waals surface area contributed by atoms with Crippen molar-refractivity contribution in [3.05, 3.63) is 36.5 Å². The van der Waals surface area contributed by atoms with E-state index in [9.17, 15) is 0 Å². The van der Waals surface area contributed by atoms with Crippen molar-refractivity contribution in [3.63, 3.8) is 0 Å². The zero-order chi connectivity index (χ0) is 14.2. The van der Waals surface area contributed by atoms with E-state index >= 15 is 0 Å². The SMILES string of the molecule is COc1ccc(-c2ccnc(NCCCCO)n2)cc1. The summed E-state index contributed by atoms with van der Waals surface area (Å²) >= 11 is 0. The highest BCUT2D eigenvalue weighted by atomic mass is 16.5. The lowest BCUT2D eigenvalue weighted by molar-refractivity contribution is 0.286. The second kappa shape index (κ2) is 7.45. The van der Waals surface area contributed by atoms with Crippen molar-refractivity contribution in [2.24, 2.45) is 0 Å². The van der Waals surface area contributed by atoms with Crippen molar-refractivity contribution in [2.45, 2.75) is 12.8 Å². The summed E-state index contributed by atoms with van der Waals surface area (Å²) in [5, 5.41) is 11.9. The van der Waals surface area contributed by atoms with Gasteiger partial charge in [0.2, 0.25) is 5.95 Å². The molecule has 2 N–H and O–H groups in total. The minimum Gasteiger partial charge on any atom is -0.497 e. The Bertz CT molecular complexity index is 529. The molecule has 0 spiro atoms. The Morgan fingerprint density at radius 1 is 1.15 bits per heavy atom. The number of methoxy groups -OCH3 is 1. The van der Waals surface area contributed by atoms with Gasteiger partial charge in [0, 0.05) is 24.9 Å². The van der Waals surface area contributed by atoms with Crippen LogP contribution in [-0.2, 0) is 0 Å². The highest BCUT2D eigenvalue weighted by Gasteiger charge is 2.02. The van der Waals surface area contributed by atoms with Gasteiger partial charge in [-0.05, 0) is 43.2 Å². The zero-order valence-electron chi connectivity index (χ0n) is 11.5. The second-order valence-corrected chi connectivity index (χ2v) is 4.35. The predicted octanol–water partition coefficient (Wildman–Crippen LogP) is 2.34. The summed E-state index contributed by atoms with van der Waals surface area (Å²) in [4.78, 5) is 8.66. The third-order valence-corrected chi connectivity index (χ3v) is 2.91. The number of anilines is 1. The van der Waals surface area contributed by atoms with Crippen LogP contribution < -0.4 is 10.1 Å². The van der Waals surface area contributed by atoms with E-state index in [1.54, 1.807) is 13.3 Å². The Balaban J connectivity index is 2.04. The van der Waals surface area contributed by atoms with Gasteiger partial charge in [-0.3, -0.25) is 0 Å². The number of hydrogen-bond donors (Lipinski definition) is 2. The quantitative estimate of drug-likeness (QED) is 0.758. The van der Waals surface area contributed by atoms with Crippen molar-refractivity contribution in [1.29, 1.82) is 0 Å². The van der Waals surface area contributed by atoms with Crippen molar-refractivity contribution < 1.29 is 9.84 Å². The van der Waals surface area contributed by atoms with Crippen molar-refractivity contribution in [1.82, 2.24) is 9.97 Å². The molecule has 0 fully saturated rings. The molecule has 0 amide bonds. The predicted molar refractivity (Wildman–Crippen MR) is 78.8 cm³/mol. The molecule has 106 valence electrons. The fourth-order valence-corrected chi connectivity index (χ4v) is 1.80. The van der Waals surface area contributed by atoms with Gasteiger partial charge in [-0.15, -0.1) is 0 Å². The molecule has 0 radical (unpaired) electrons. The van der Waals surface area contributed by atoms with Crippen LogP contribution in [0.3, 0.4) is 0 Å². The van der Waals surface area contributed by atoms with Gasteiger partial charge in [-0.25, -0.2) is 9.97 Å². The van der Waals surface area contributed by atoms with Crippen LogP contribution in [0, 0.1) is 0 Å². The monoisotopic (exact) mass is 273 g/mol. The number of unbranched alkanes of at least 4 members (excludes halogenated alkanes) is 1. The number of rotatable bonds is 7. The van der Waals surface area contributed by atoms with Crippen molar-refractivity contribution >= 4 is 5.95 Å². The standard InChI is InChI=1S/C15H19N3O2/c1-20-13-6-4-12(5-7-13)14-8-10-17-15(18-14)16-9-2-3-11-19/h4-8,10,19H,2-3,9,11H2,1H3,(H,16,17,18). The fraction of sp³-hybridized carbons (Fsp3) is 0.333. The molecule has 5 heteroatoms. The zero-order valence-corrected chi connectivity index (χ0v) is 11.5. The van der Waals surface area contributed by atoms with E-state index in [2.05, 4.69) is 15.3 Å². The Labute approximate surface area is 118 Å². The Hall–Kier alpha value is -2.14. The highest BCUT2D eigenvalue weighted by Crippen LogP contribution is 2.20. The first-order chi connectivity index (χ1) is 9.83. The van der Waals surface area contributed by atoms with Crippen LogP contribution in [-0.4, -0.2) is 35.3 Å². The van der Waals surface area contributed by atoms with E-state index in [-0.39, 0.29) is 6.61 Å². The van der Waals surface area contributed by atoms with Gasteiger partial charge in [-0.1, -0.05) is 0 Å². The van der Waals surface area contributed by atoms with Gasteiger partial charge >= 0.3 is 0 Å². The summed E-state index contributed by atoms with van der Waals surface area (Å²) in [6.07, 6.45) is 3.42. The Morgan fingerprint density at radius 3 is 2.65 bits per heavy atom. The van der Waals surface area contributed by atoms with Gasteiger partial charge in [0.1, 0.15) is 5.75 Å². The van der Waals surface area contributed by atoms with E-state index in [1.165, 1.54) is 0 Å². The molecule has 0 aliphatic heterocycles. The van der Waals surface area contributed by atoms with Crippen LogP contribution in [0.15, 0.2) is 36.5 Å². The summed E-state index contributed by atoms with van der Waals surface area (Å²) in [6.45, 7) is 0.973. The average Bonchev–Trinajstić information content (AvgIpc) is 2.52.